The first-order chi connectivity index (χ1) is 9.61. The fraction of sp³-hybridized carbons (Fsp3) is 0.267. The van der Waals surface area contributed by atoms with E-state index in [9.17, 15) is 4.79 Å². The standard InChI is InChI=1S/C15H18N2O2S/c1-3-19-15(18)11-4-5-12(16)13(8-11)17-9-14-10(2)6-7-20-14/h4-8,17H,3,9,16H2,1-2H3. The summed E-state index contributed by atoms with van der Waals surface area (Å²) in [5, 5.41) is 5.33. The number of hydrogen-bond acceptors (Lipinski definition) is 5. The molecule has 0 radical (unpaired) electrons. The van der Waals surface area contributed by atoms with Gasteiger partial charge in [-0.25, -0.2) is 4.79 Å². The van der Waals surface area contributed by atoms with Gasteiger partial charge in [0.15, 0.2) is 0 Å². The van der Waals surface area contributed by atoms with Crippen molar-refractivity contribution in [1.82, 2.24) is 0 Å². The quantitative estimate of drug-likeness (QED) is 0.654. The first kappa shape index (κ1) is 14.4. The molecule has 106 valence electrons. The van der Waals surface area contributed by atoms with Gasteiger partial charge in [-0.1, -0.05) is 0 Å². The number of anilines is 2. The van der Waals surface area contributed by atoms with E-state index in [1.54, 1.807) is 36.5 Å². The van der Waals surface area contributed by atoms with Crippen molar-refractivity contribution >= 4 is 28.7 Å². The van der Waals surface area contributed by atoms with Crippen LogP contribution < -0.4 is 11.1 Å². The van der Waals surface area contributed by atoms with E-state index in [1.165, 1.54) is 10.4 Å². The van der Waals surface area contributed by atoms with Crippen LogP contribution in [0, 0.1) is 6.92 Å². The number of nitrogens with two attached hydrogens (primary N) is 1. The molecule has 1 heterocycles. The van der Waals surface area contributed by atoms with Gasteiger partial charge in [0.2, 0.25) is 0 Å². The zero-order valence-electron chi connectivity index (χ0n) is 11.6. The zero-order valence-corrected chi connectivity index (χ0v) is 12.4. The molecule has 0 bridgehead atoms. The van der Waals surface area contributed by atoms with Gasteiger partial charge in [0.25, 0.3) is 0 Å². The van der Waals surface area contributed by atoms with Crippen LogP contribution in [-0.2, 0) is 11.3 Å². The third-order valence-electron chi connectivity index (χ3n) is 2.97. The van der Waals surface area contributed by atoms with Gasteiger partial charge in [-0.3, -0.25) is 0 Å². The van der Waals surface area contributed by atoms with Gasteiger partial charge < -0.3 is 15.8 Å². The molecule has 0 aliphatic rings. The van der Waals surface area contributed by atoms with Crippen LogP contribution in [0.25, 0.3) is 0 Å². The second-order valence-corrected chi connectivity index (χ2v) is 5.40. The number of ether oxygens (including phenoxy) is 1. The summed E-state index contributed by atoms with van der Waals surface area (Å²) < 4.78 is 4.99. The molecule has 0 aliphatic heterocycles. The predicted molar refractivity (Wildman–Crippen MR) is 83.2 cm³/mol. The molecule has 3 N–H and O–H groups in total. The predicted octanol–water partition coefficient (Wildman–Crippen LogP) is 3.43. The van der Waals surface area contributed by atoms with Gasteiger partial charge in [0.1, 0.15) is 0 Å². The monoisotopic (exact) mass is 290 g/mol. The summed E-state index contributed by atoms with van der Waals surface area (Å²) in [6, 6.07) is 7.21. The largest absolute Gasteiger partial charge is 0.462 e. The number of hydrogen-bond donors (Lipinski definition) is 2. The van der Waals surface area contributed by atoms with Gasteiger partial charge in [0, 0.05) is 11.4 Å². The van der Waals surface area contributed by atoms with E-state index in [1.807, 2.05) is 0 Å². The number of carbonyl (C=O) groups excluding carboxylic acids is 1. The van der Waals surface area contributed by atoms with Gasteiger partial charge in [0.05, 0.1) is 23.5 Å². The Morgan fingerprint density at radius 3 is 2.85 bits per heavy atom. The van der Waals surface area contributed by atoms with Gasteiger partial charge >= 0.3 is 5.97 Å². The molecule has 20 heavy (non-hydrogen) atoms. The van der Waals surface area contributed by atoms with Crippen LogP contribution in [0.3, 0.4) is 0 Å². The van der Waals surface area contributed by atoms with Gasteiger partial charge in [-0.15, -0.1) is 11.3 Å². The van der Waals surface area contributed by atoms with Gasteiger partial charge in [-0.05, 0) is 49.1 Å². The smallest absolute Gasteiger partial charge is 0.338 e. The number of nitrogens with one attached hydrogen (secondary N) is 1. The molecule has 1 aromatic heterocycles. The number of thiophene rings is 1. The number of aryl methyl sites for hydroxylation is 1. The Bertz CT molecular complexity index is 608. The molecule has 0 unspecified atom stereocenters. The summed E-state index contributed by atoms with van der Waals surface area (Å²) in [7, 11) is 0. The molecule has 0 amide bonds. The fourth-order valence-corrected chi connectivity index (χ4v) is 2.66. The van der Waals surface area contributed by atoms with E-state index in [2.05, 4.69) is 23.7 Å². The Balaban J connectivity index is 2.12. The Kier molecular flexibility index (Phi) is 4.63. The molecular weight excluding hydrogens is 272 g/mol. The highest BCUT2D eigenvalue weighted by Gasteiger charge is 2.09. The second-order valence-electron chi connectivity index (χ2n) is 4.40. The maximum absolute atomic E-state index is 11.7. The average Bonchev–Trinajstić information content (AvgIpc) is 2.83. The van der Waals surface area contributed by atoms with Crippen LogP contribution >= 0.6 is 11.3 Å². The normalized spacial score (nSPS) is 10.3. The summed E-state index contributed by atoms with van der Waals surface area (Å²) in [4.78, 5) is 13.0. The van der Waals surface area contributed by atoms with Crippen LogP contribution in [0.1, 0.15) is 27.7 Å². The first-order valence-corrected chi connectivity index (χ1v) is 7.33. The minimum absolute atomic E-state index is 0.331. The maximum Gasteiger partial charge on any atom is 0.338 e. The average molecular weight is 290 g/mol. The number of rotatable bonds is 5. The van der Waals surface area contributed by atoms with Crippen molar-refractivity contribution in [2.75, 3.05) is 17.7 Å². The minimum atomic E-state index is -0.331. The van der Waals surface area contributed by atoms with Crippen LogP contribution in [-0.4, -0.2) is 12.6 Å². The molecule has 0 fully saturated rings. The molecule has 0 saturated carbocycles. The maximum atomic E-state index is 11.7. The molecular formula is C15H18N2O2S. The summed E-state index contributed by atoms with van der Waals surface area (Å²) in [6.07, 6.45) is 0. The molecule has 0 aliphatic carbocycles. The Morgan fingerprint density at radius 1 is 1.40 bits per heavy atom. The SMILES string of the molecule is CCOC(=O)c1ccc(N)c(NCc2sccc2C)c1. The number of nitrogen functional groups attached to an aromatic ring is 1. The molecule has 2 aromatic rings. The molecule has 4 nitrogen and oxygen atoms in total. The Hall–Kier alpha value is -2.01. The Morgan fingerprint density at radius 2 is 2.20 bits per heavy atom. The minimum Gasteiger partial charge on any atom is -0.462 e. The van der Waals surface area contributed by atoms with Crippen molar-refractivity contribution in [1.29, 1.82) is 0 Å². The van der Waals surface area contributed by atoms with Crippen molar-refractivity contribution in [2.45, 2.75) is 20.4 Å². The van der Waals surface area contributed by atoms with Crippen LogP contribution in [0.2, 0.25) is 0 Å². The number of benzene rings is 1. The molecule has 2 rings (SSSR count). The highest BCUT2D eigenvalue weighted by molar-refractivity contribution is 7.10. The molecule has 0 spiro atoms. The van der Waals surface area contributed by atoms with E-state index in [-0.39, 0.29) is 5.97 Å². The van der Waals surface area contributed by atoms with Crippen LogP contribution in [0.15, 0.2) is 29.6 Å². The summed E-state index contributed by atoms with van der Waals surface area (Å²) in [5.41, 5.74) is 9.06. The van der Waals surface area contributed by atoms with Crippen molar-refractivity contribution in [3.8, 4) is 0 Å². The number of esters is 1. The van der Waals surface area contributed by atoms with E-state index >= 15 is 0 Å². The van der Waals surface area contributed by atoms with E-state index in [0.29, 0.717) is 24.4 Å². The molecule has 0 atom stereocenters. The first-order valence-electron chi connectivity index (χ1n) is 6.45. The van der Waals surface area contributed by atoms with E-state index < -0.39 is 0 Å². The van der Waals surface area contributed by atoms with Crippen molar-refractivity contribution in [2.24, 2.45) is 0 Å². The lowest BCUT2D eigenvalue weighted by atomic mass is 10.1. The van der Waals surface area contributed by atoms with Crippen LogP contribution in [0.5, 0.6) is 0 Å². The van der Waals surface area contributed by atoms with Crippen molar-refractivity contribution in [3.63, 3.8) is 0 Å². The highest BCUT2D eigenvalue weighted by atomic mass is 32.1. The Labute approximate surface area is 122 Å². The lowest BCUT2D eigenvalue weighted by Crippen LogP contribution is -2.07. The zero-order chi connectivity index (χ0) is 14.5. The summed E-state index contributed by atoms with van der Waals surface area (Å²) in [6.45, 7) is 4.92. The topological polar surface area (TPSA) is 64.3 Å². The lowest BCUT2D eigenvalue weighted by molar-refractivity contribution is 0.0526. The third-order valence-corrected chi connectivity index (χ3v) is 3.99. The van der Waals surface area contributed by atoms with Crippen molar-refractivity contribution in [3.05, 3.63) is 45.6 Å². The fourth-order valence-electron chi connectivity index (χ4n) is 1.81. The molecule has 1 aromatic carbocycles. The van der Waals surface area contributed by atoms with E-state index in [4.69, 9.17) is 10.5 Å². The second kappa shape index (κ2) is 6.43. The highest BCUT2D eigenvalue weighted by Crippen LogP contribution is 2.23. The molecule has 0 saturated heterocycles. The summed E-state index contributed by atoms with van der Waals surface area (Å²) >= 11 is 1.70. The summed E-state index contributed by atoms with van der Waals surface area (Å²) in [5.74, 6) is -0.331. The van der Waals surface area contributed by atoms with E-state index in [0.717, 1.165) is 5.69 Å². The van der Waals surface area contributed by atoms with Gasteiger partial charge in [-0.2, -0.15) is 0 Å². The van der Waals surface area contributed by atoms with Crippen molar-refractivity contribution < 1.29 is 9.53 Å². The lowest BCUT2D eigenvalue weighted by Gasteiger charge is -2.11. The molecule has 5 heteroatoms. The van der Waals surface area contributed by atoms with Crippen LogP contribution in [0.4, 0.5) is 11.4 Å². The number of carbonyl (C=O) groups is 1. The third kappa shape index (κ3) is 3.30.